The van der Waals surface area contributed by atoms with E-state index >= 15 is 0 Å². The van der Waals surface area contributed by atoms with Gasteiger partial charge in [0.1, 0.15) is 0 Å². The molecular weight excluding hydrogens is 511 g/mol. The molecule has 0 spiro atoms. The van der Waals surface area contributed by atoms with Crippen molar-refractivity contribution >= 4 is 41.3 Å². The Labute approximate surface area is 200 Å². The van der Waals surface area contributed by atoms with Gasteiger partial charge in [0.2, 0.25) is 0 Å². The molecule has 0 saturated carbocycles. The summed E-state index contributed by atoms with van der Waals surface area (Å²) in [5.74, 6) is 2.60. The minimum Gasteiger partial charge on any atom is -0.493 e. The van der Waals surface area contributed by atoms with E-state index in [-0.39, 0.29) is 24.0 Å². The summed E-state index contributed by atoms with van der Waals surface area (Å²) in [7, 11) is 3.29. The van der Waals surface area contributed by atoms with Crippen LogP contribution in [0.15, 0.2) is 40.7 Å². The quantitative estimate of drug-likeness (QED) is 0.286. The molecule has 8 heteroatoms. The molecular formula is C22H33IN4O2S. The fourth-order valence-corrected chi connectivity index (χ4v) is 4.47. The molecule has 0 aliphatic carbocycles. The van der Waals surface area contributed by atoms with E-state index in [1.807, 2.05) is 29.5 Å². The first-order chi connectivity index (χ1) is 14.2. The van der Waals surface area contributed by atoms with Crippen LogP contribution in [0.4, 0.5) is 0 Å². The van der Waals surface area contributed by atoms with Gasteiger partial charge in [-0.3, -0.25) is 9.89 Å². The number of hydrogen-bond acceptors (Lipinski definition) is 5. The number of thiophene rings is 1. The van der Waals surface area contributed by atoms with Crippen molar-refractivity contribution in [1.82, 2.24) is 10.2 Å². The van der Waals surface area contributed by atoms with E-state index in [1.54, 1.807) is 14.2 Å². The Morgan fingerprint density at radius 2 is 2.10 bits per heavy atom. The number of likely N-dealkylation sites (tertiary alicyclic amines) is 1. The number of hydrogen-bond donors (Lipinski definition) is 2. The summed E-state index contributed by atoms with van der Waals surface area (Å²) in [6.07, 6.45) is 3.30. The molecule has 6 nitrogen and oxygen atoms in total. The SMILES string of the molecule is COc1ccc(CCNC(N)=NCC2CCCN(Cc3cccs3)C2)cc1OC.I. The molecule has 3 rings (SSSR count). The van der Waals surface area contributed by atoms with E-state index in [1.165, 1.54) is 29.8 Å². The van der Waals surface area contributed by atoms with Gasteiger partial charge < -0.3 is 20.5 Å². The zero-order chi connectivity index (χ0) is 20.5. The maximum absolute atomic E-state index is 6.08. The van der Waals surface area contributed by atoms with Gasteiger partial charge in [0.15, 0.2) is 17.5 Å². The van der Waals surface area contributed by atoms with Gasteiger partial charge in [0.25, 0.3) is 0 Å². The highest BCUT2D eigenvalue weighted by atomic mass is 127. The Hall–Kier alpha value is -1.52. The maximum Gasteiger partial charge on any atom is 0.188 e. The van der Waals surface area contributed by atoms with Crippen LogP contribution < -0.4 is 20.5 Å². The number of guanidine groups is 1. The van der Waals surface area contributed by atoms with E-state index in [2.05, 4.69) is 32.7 Å². The molecule has 1 aliphatic rings. The summed E-state index contributed by atoms with van der Waals surface area (Å²) in [6, 6.07) is 10.3. The zero-order valence-electron chi connectivity index (χ0n) is 17.8. The Kier molecular flexibility index (Phi) is 10.7. The maximum atomic E-state index is 6.08. The van der Waals surface area contributed by atoms with Gasteiger partial charge >= 0.3 is 0 Å². The van der Waals surface area contributed by atoms with Crippen LogP contribution in [0.5, 0.6) is 11.5 Å². The number of methoxy groups -OCH3 is 2. The van der Waals surface area contributed by atoms with Crippen LogP contribution in [0.25, 0.3) is 0 Å². The third-order valence-electron chi connectivity index (χ3n) is 5.25. The minimum absolute atomic E-state index is 0. The Bertz CT molecular complexity index is 785. The molecule has 1 fully saturated rings. The predicted molar refractivity (Wildman–Crippen MR) is 135 cm³/mol. The first kappa shape index (κ1) is 24.7. The number of benzene rings is 1. The number of halogens is 1. The van der Waals surface area contributed by atoms with Crippen molar-refractivity contribution < 1.29 is 9.47 Å². The molecule has 1 aromatic carbocycles. The summed E-state index contributed by atoms with van der Waals surface area (Å²) in [5.41, 5.74) is 7.25. The van der Waals surface area contributed by atoms with Crippen molar-refractivity contribution in [3.63, 3.8) is 0 Å². The Morgan fingerprint density at radius 3 is 2.83 bits per heavy atom. The molecule has 1 aromatic heterocycles. The van der Waals surface area contributed by atoms with Gasteiger partial charge in [-0.2, -0.15) is 0 Å². The van der Waals surface area contributed by atoms with Gasteiger partial charge in [-0.15, -0.1) is 35.3 Å². The Balaban J connectivity index is 0.00000320. The predicted octanol–water partition coefficient (Wildman–Crippen LogP) is 3.74. The summed E-state index contributed by atoms with van der Waals surface area (Å²) in [5, 5.41) is 5.38. The monoisotopic (exact) mass is 544 g/mol. The second-order valence-electron chi connectivity index (χ2n) is 7.41. The van der Waals surface area contributed by atoms with E-state index in [0.29, 0.717) is 11.9 Å². The first-order valence-corrected chi connectivity index (χ1v) is 11.1. The molecule has 3 N–H and O–H groups in total. The van der Waals surface area contributed by atoms with Gasteiger partial charge in [0, 0.05) is 31.1 Å². The second-order valence-corrected chi connectivity index (χ2v) is 8.45. The largest absolute Gasteiger partial charge is 0.493 e. The van der Waals surface area contributed by atoms with Crippen molar-refractivity contribution in [2.75, 3.05) is 40.4 Å². The van der Waals surface area contributed by atoms with Crippen LogP contribution in [-0.4, -0.2) is 51.3 Å². The van der Waals surface area contributed by atoms with E-state index in [4.69, 9.17) is 15.2 Å². The van der Waals surface area contributed by atoms with Crippen molar-refractivity contribution in [1.29, 1.82) is 0 Å². The minimum atomic E-state index is 0. The molecule has 0 radical (unpaired) electrons. The number of nitrogens with zero attached hydrogens (tertiary/aromatic N) is 2. The lowest BCUT2D eigenvalue weighted by Gasteiger charge is -2.31. The molecule has 2 heterocycles. The first-order valence-electron chi connectivity index (χ1n) is 10.2. The average molecular weight is 545 g/mol. The van der Waals surface area contributed by atoms with Crippen LogP contribution in [0.2, 0.25) is 0 Å². The number of aliphatic imine (C=N–C) groups is 1. The van der Waals surface area contributed by atoms with Gasteiger partial charge in [-0.05, 0) is 60.9 Å². The van der Waals surface area contributed by atoms with Crippen LogP contribution in [0.3, 0.4) is 0 Å². The topological polar surface area (TPSA) is 72.1 Å². The molecule has 0 bridgehead atoms. The molecule has 2 aromatic rings. The summed E-state index contributed by atoms with van der Waals surface area (Å²) >= 11 is 1.83. The standard InChI is InChI=1S/C22H32N4O2S.HI/c1-27-20-8-7-17(13-21(20)28-2)9-10-24-22(23)25-14-18-5-3-11-26(15-18)16-19-6-4-12-29-19;/h4,6-8,12-13,18H,3,5,9-11,14-16H2,1-2H3,(H3,23,24,25);1H. The normalized spacial score (nSPS) is 17.3. The fraction of sp³-hybridized carbons (Fsp3) is 0.500. The molecule has 1 saturated heterocycles. The average Bonchev–Trinajstić information content (AvgIpc) is 3.25. The third-order valence-corrected chi connectivity index (χ3v) is 6.11. The highest BCUT2D eigenvalue weighted by Crippen LogP contribution is 2.27. The lowest BCUT2D eigenvalue weighted by Crippen LogP contribution is -2.37. The molecule has 1 atom stereocenters. The van der Waals surface area contributed by atoms with Gasteiger partial charge in [-0.1, -0.05) is 12.1 Å². The third kappa shape index (κ3) is 7.63. The van der Waals surface area contributed by atoms with Crippen LogP contribution >= 0.6 is 35.3 Å². The lowest BCUT2D eigenvalue weighted by atomic mass is 9.98. The van der Waals surface area contributed by atoms with Crippen LogP contribution in [-0.2, 0) is 13.0 Å². The smallest absolute Gasteiger partial charge is 0.188 e. The second kappa shape index (κ2) is 13.0. The van der Waals surface area contributed by atoms with Crippen molar-refractivity contribution in [2.45, 2.75) is 25.8 Å². The van der Waals surface area contributed by atoms with Crippen LogP contribution in [0.1, 0.15) is 23.3 Å². The number of nitrogens with one attached hydrogen (secondary N) is 1. The van der Waals surface area contributed by atoms with E-state index in [0.717, 1.165) is 44.1 Å². The Morgan fingerprint density at radius 1 is 1.27 bits per heavy atom. The summed E-state index contributed by atoms with van der Waals surface area (Å²) in [6.45, 7) is 4.85. The highest BCUT2D eigenvalue weighted by Gasteiger charge is 2.20. The van der Waals surface area contributed by atoms with Crippen LogP contribution in [0, 0.1) is 5.92 Å². The van der Waals surface area contributed by atoms with Crippen molar-refractivity contribution in [2.24, 2.45) is 16.6 Å². The zero-order valence-corrected chi connectivity index (χ0v) is 20.9. The molecule has 166 valence electrons. The number of nitrogens with two attached hydrogens (primary N) is 1. The fourth-order valence-electron chi connectivity index (χ4n) is 3.72. The van der Waals surface area contributed by atoms with Crippen molar-refractivity contribution in [3.8, 4) is 11.5 Å². The van der Waals surface area contributed by atoms with E-state index < -0.39 is 0 Å². The molecule has 30 heavy (non-hydrogen) atoms. The molecule has 1 unspecified atom stereocenters. The lowest BCUT2D eigenvalue weighted by molar-refractivity contribution is 0.172. The molecule has 0 amide bonds. The van der Waals surface area contributed by atoms with Gasteiger partial charge in [-0.25, -0.2) is 0 Å². The number of piperidine rings is 1. The summed E-state index contributed by atoms with van der Waals surface area (Å²) < 4.78 is 10.6. The molecule has 1 aliphatic heterocycles. The number of ether oxygens (including phenoxy) is 2. The van der Waals surface area contributed by atoms with Gasteiger partial charge in [0.05, 0.1) is 14.2 Å². The summed E-state index contributed by atoms with van der Waals surface area (Å²) in [4.78, 5) is 8.56. The van der Waals surface area contributed by atoms with Crippen molar-refractivity contribution in [3.05, 3.63) is 46.2 Å². The van der Waals surface area contributed by atoms with E-state index in [9.17, 15) is 0 Å². The highest BCUT2D eigenvalue weighted by molar-refractivity contribution is 14.0. The number of rotatable bonds is 9.